The number of aliphatic hydroxyl groups excluding tert-OH is 1. The maximum Gasteiger partial charge on any atom is 0.122 e. The lowest BCUT2D eigenvalue weighted by molar-refractivity contribution is 0.0469. The third-order valence-electron chi connectivity index (χ3n) is 4.16. The van der Waals surface area contributed by atoms with Crippen LogP contribution in [0.5, 0.6) is 5.75 Å². The Labute approximate surface area is 128 Å². The summed E-state index contributed by atoms with van der Waals surface area (Å²) < 4.78 is 5.78. The molecule has 1 aromatic rings. The van der Waals surface area contributed by atoms with E-state index >= 15 is 0 Å². The quantitative estimate of drug-likeness (QED) is 0.865. The molecule has 0 saturated carbocycles. The van der Waals surface area contributed by atoms with Gasteiger partial charge in [0.05, 0.1) is 0 Å². The Balaban J connectivity index is 1.75. The summed E-state index contributed by atoms with van der Waals surface area (Å²) in [6.07, 6.45) is -0.432. The molecule has 1 aliphatic rings. The summed E-state index contributed by atoms with van der Waals surface area (Å²) in [7, 11) is 0. The van der Waals surface area contributed by atoms with E-state index in [0.29, 0.717) is 13.2 Å². The van der Waals surface area contributed by atoms with Gasteiger partial charge in [-0.05, 0) is 37.6 Å². The average Bonchev–Trinajstić information content (AvgIpc) is 2.49. The number of β-amino-alcohol motifs (C(OH)–C–C–N with tert-alkyl or cyclic N) is 1. The van der Waals surface area contributed by atoms with Gasteiger partial charge in [0.1, 0.15) is 18.5 Å². The van der Waals surface area contributed by atoms with Crippen molar-refractivity contribution in [2.45, 2.75) is 26.9 Å². The second-order valence-electron chi connectivity index (χ2n) is 5.97. The molecule has 0 unspecified atom stereocenters. The first-order chi connectivity index (χ1) is 10.1. The Bertz CT molecular complexity index is 442. The first-order valence-electron chi connectivity index (χ1n) is 7.91. The minimum atomic E-state index is -0.432. The minimum Gasteiger partial charge on any atom is -0.491 e. The molecule has 2 rings (SSSR count). The Morgan fingerprint density at radius 2 is 1.81 bits per heavy atom. The Kier molecular flexibility index (Phi) is 6.03. The molecule has 21 heavy (non-hydrogen) atoms. The molecule has 1 aromatic carbocycles. The molecular weight excluding hydrogens is 264 g/mol. The molecule has 0 bridgehead atoms. The Morgan fingerprint density at radius 3 is 2.48 bits per heavy atom. The third kappa shape index (κ3) is 4.99. The number of hydrogen-bond acceptors (Lipinski definition) is 4. The Hall–Kier alpha value is -1.10. The average molecular weight is 292 g/mol. The molecule has 0 radical (unpaired) electrons. The van der Waals surface area contributed by atoms with Crippen LogP contribution in [0.1, 0.15) is 18.1 Å². The number of rotatable bonds is 6. The molecule has 1 fully saturated rings. The third-order valence-corrected chi connectivity index (χ3v) is 4.16. The van der Waals surface area contributed by atoms with Crippen molar-refractivity contribution in [3.63, 3.8) is 0 Å². The number of ether oxygens (including phenoxy) is 1. The summed E-state index contributed by atoms with van der Waals surface area (Å²) in [5, 5.41) is 10.2. The van der Waals surface area contributed by atoms with E-state index < -0.39 is 6.10 Å². The van der Waals surface area contributed by atoms with Gasteiger partial charge in [-0.2, -0.15) is 0 Å². The van der Waals surface area contributed by atoms with Crippen molar-refractivity contribution in [1.29, 1.82) is 0 Å². The van der Waals surface area contributed by atoms with E-state index in [1.54, 1.807) is 0 Å². The van der Waals surface area contributed by atoms with Crippen LogP contribution in [0.25, 0.3) is 0 Å². The second-order valence-corrected chi connectivity index (χ2v) is 5.97. The highest BCUT2D eigenvalue weighted by molar-refractivity contribution is 5.35. The van der Waals surface area contributed by atoms with Crippen molar-refractivity contribution < 1.29 is 9.84 Å². The number of likely N-dealkylation sites (N-methyl/N-ethyl adjacent to an activating group) is 1. The second kappa shape index (κ2) is 7.78. The molecule has 0 amide bonds. The number of nitrogens with zero attached hydrogens (tertiary/aromatic N) is 2. The fourth-order valence-electron chi connectivity index (χ4n) is 2.69. The normalized spacial score (nSPS) is 18.7. The standard InChI is InChI=1S/C17H28N2O2/c1-4-18-7-9-19(10-8-18)12-16(20)13-21-17-11-14(2)5-6-15(17)3/h5-6,11,16,20H,4,7-10,12-13H2,1-3H3/t16-/m1/s1. The number of piperazine rings is 1. The number of aryl methyl sites for hydroxylation is 2. The zero-order valence-corrected chi connectivity index (χ0v) is 13.5. The van der Waals surface area contributed by atoms with Gasteiger partial charge in [-0.15, -0.1) is 0 Å². The van der Waals surface area contributed by atoms with Gasteiger partial charge in [0.15, 0.2) is 0 Å². The number of aliphatic hydroxyl groups is 1. The van der Waals surface area contributed by atoms with Gasteiger partial charge in [-0.3, -0.25) is 4.90 Å². The van der Waals surface area contributed by atoms with Crippen LogP contribution in [-0.2, 0) is 0 Å². The first-order valence-corrected chi connectivity index (χ1v) is 7.91. The van der Waals surface area contributed by atoms with Crippen LogP contribution in [0.4, 0.5) is 0 Å². The van der Waals surface area contributed by atoms with Gasteiger partial charge in [0.25, 0.3) is 0 Å². The highest BCUT2D eigenvalue weighted by Crippen LogP contribution is 2.19. The van der Waals surface area contributed by atoms with Crippen molar-refractivity contribution in [1.82, 2.24) is 9.80 Å². The zero-order chi connectivity index (χ0) is 15.2. The lowest BCUT2D eigenvalue weighted by atomic mass is 10.1. The van der Waals surface area contributed by atoms with Gasteiger partial charge >= 0.3 is 0 Å². The zero-order valence-electron chi connectivity index (χ0n) is 13.5. The number of hydrogen-bond donors (Lipinski definition) is 1. The summed E-state index contributed by atoms with van der Waals surface area (Å²) in [6.45, 7) is 12.7. The summed E-state index contributed by atoms with van der Waals surface area (Å²) in [5.74, 6) is 0.879. The van der Waals surface area contributed by atoms with Crippen molar-refractivity contribution in [2.24, 2.45) is 0 Å². The van der Waals surface area contributed by atoms with E-state index in [9.17, 15) is 5.11 Å². The fraction of sp³-hybridized carbons (Fsp3) is 0.647. The van der Waals surface area contributed by atoms with E-state index in [-0.39, 0.29) is 0 Å². The fourth-order valence-corrected chi connectivity index (χ4v) is 2.69. The highest BCUT2D eigenvalue weighted by Gasteiger charge is 2.18. The maximum absolute atomic E-state index is 10.2. The Morgan fingerprint density at radius 1 is 1.14 bits per heavy atom. The van der Waals surface area contributed by atoms with Gasteiger partial charge in [-0.25, -0.2) is 0 Å². The minimum absolute atomic E-state index is 0.359. The van der Waals surface area contributed by atoms with Gasteiger partial charge < -0.3 is 14.7 Å². The predicted octanol–water partition coefficient (Wildman–Crippen LogP) is 1.68. The van der Waals surface area contributed by atoms with E-state index in [0.717, 1.165) is 44.0 Å². The molecule has 4 nitrogen and oxygen atoms in total. The molecule has 1 saturated heterocycles. The first kappa shape index (κ1) is 16.3. The van der Waals surface area contributed by atoms with Gasteiger partial charge in [0, 0.05) is 32.7 Å². The van der Waals surface area contributed by atoms with Crippen molar-refractivity contribution in [3.8, 4) is 5.75 Å². The molecular formula is C17H28N2O2. The summed E-state index contributed by atoms with van der Waals surface area (Å²) in [4.78, 5) is 4.76. The smallest absolute Gasteiger partial charge is 0.122 e. The predicted molar refractivity (Wildman–Crippen MR) is 86.0 cm³/mol. The molecule has 0 aromatic heterocycles. The monoisotopic (exact) mass is 292 g/mol. The van der Waals surface area contributed by atoms with Crippen LogP contribution in [-0.4, -0.2) is 66.9 Å². The maximum atomic E-state index is 10.2. The molecule has 0 aliphatic carbocycles. The largest absolute Gasteiger partial charge is 0.491 e. The number of benzene rings is 1. The summed E-state index contributed by atoms with van der Waals surface area (Å²) in [6, 6.07) is 6.16. The van der Waals surface area contributed by atoms with Crippen LogP contribution < -0.4 is 4.74 Å². The van der Waals surface area contributed by atoms with Crippen LogP contribution >= 0.6 is 0 Å². The topological polar surface area (TPSA) is 35.9 Å². The molecule has 118 valence electrons. The molecule has 1 aliphatic heterocycles. The van der Waals surface area contributed by atoms with Crippen molar-refractivity contribution in [3.05, 3.63) is 29.3 Å². The van der Waals surface area contributed by atoms with Crippen LogP contribution in [0.2, 0.25) is 0 Å². The van der Waals surface area contributed by atoms with Gasteiger partial charge in [-0.1, -0.05) is 19.1 Å². The van der Waals surface area contributed by atoms with Gasteiger partial charge in [0.2, 0.25) is 0 Å². The molecule has 0 spiro atoms. The van der Waals surface area contributed by atoms with Crippen LogP contribution in [0.3, 0.4) is 0 Å². The molecule has 1 atom stereocenters. The van der Waals surface area contributed by atoms with Crippen LogP contribution in [0.15, 0.2) is 18.2 Å². The highest BCUT2D eigenvalue weighted by atomic mass is 16.5. The van der Waals surface area contributed by atoms with E-state index in [1.807, 2.05) is 13.0 Å². The lowest BCUT2D eigenvalue weighted by Gasteiger charge is -2.34. The molecule has 1 N–H and O–H groups in total. The van der Waals surface area contributed by atoms with Crippen molar-refractivity contribution in [2.75, 3.05) is 45.9 Å². The van der Waals surface area contributed by atoms with E-state index in [2.05, 4.69) is 35.8 Å². The van der Waals surface area contributed by atoms with Crippen molar-refractivity contribution >= 4 is 0 Å². The van der Waals surface area contributed by atoms with E-state index in [1.165, 1.54) is 5.56 Å². The SMILES string of the molecule is CCN1CCN(C[C@@H](O)COc2cc(C)ccc2C)CC1. The lowest BCUT2D eigenvalue weighted by Crippen LogP contribution is -2.49. The summed E-state index contributed by atoms with van der Waals surface area (Å²) >= 11 is 0. The van der Waals surface area contributed by atoms with Crippen LogP contribution in [0, 0.1) is 13.8 Å². The molecule has 4 heteroatoms. The van der Waals surface area contributed by atoms with E-state index in [4.69, 9.17) is 4.74 Å². The summed E-state index contributed by atoms with van der Waals surface area (Å²) in [5.41, 5.74) is 2.30. The molecule has 1 heterocycles.